The highest BCUT2D eigenvalue weighted by Gasteiger charge is 2.23. The van der Waals surface area contributed by atoms with E-state index in [0.29, 0.717) is 5.69 Å². The van der Waals surface area contributed by atoms with Gasteiger partial charge in [-0.15, -0.1) is 0 Å². The van der Waals surface area contributed by atoms with Crippen LogP contribution >= 0.6 is 11.6 Å². The largest absolute Gasteiger partial charge is 0.477 e. The number of carbonyl (C=O) groups is 1. The molecule has 0 saturated heterocycles. The molecule has 0 aliphatic rings. The molecule has 1 aromatic heterocycles. The van der Waals surface area contributed by atoms with E-state index in [1.807, 2.05) is 4.72 Å². The Morgan fingerprint density at radius 1 is 1.38 bits per heavy atom. The maximum atomic E-state index is 13.7. The van der Waals surface area contributed by atoms with Gasteiger partial charge in [-0.2, -0.15) is 0 Å². The van der Waals surface area contributed by atoms with Gasteiger partial charge in [0.2, 0.25) is 0 Å². The molecule has 3 N–H and O–H groups in total. The van der Waals surface area contributed by atoms with Crippen molar-refractivity contribution in [3.63, 3.8) is 0 Å². The minimum absolute atomic E-state index is 0.0511. The number of hydrogen-bond acceptors (Lipinski definition) is 3. The summed E-state index contributed by atoms with van der Waals surface area (Å²) in [7, 11) is -4.27. The molecule has 1 heterocycles. The van der Waals surface area contributed by atoms with Gasteiger partial charge < -0.3 is 10.1 Å². The summed E-state index contributed by atoms with van der Waals surface area (Å²) in [6.45, 7) is 1.56. The molecule has 0 amide bonds. The summed E-state index contributed by atoms with van der Waals surface area (Å²) in [5, 5.41) is 9.03. The number of carboxylic acids is 1. The minimum atomic E-state index is -4.27. The Labute approximate surface area is 124 Å². The van der Waals surface area contributed by atoms with Gasteiger partial charge in [-0.25, -0.2) is 17.6 Å². The third-order valence-corrected chi connectivity index (χ3v) is 4.23. The van der Waals surface area contributed by atoms with E-state index in [4.69, 9.17) is 16.7 Å². The molecule has 1 aromatic carbocycles. The van der Waals surface area contributed by atoms with Crippen molar-refractivity contribution >= 4 is 33.3 Å². The summed E-state index contributed by atoms with van der Waals surface area (Å²) < 4.78 is 40.0. The van der Waals surface area contributed by atoms with Crippen molar-refractivity contribution in [3.8, 4) is 0 Å². The van der Waals surface area contributed by atoms with Crippen LogP contribution in [-0.2, 0) is 10.0 Å². The van der Waals surface area contributed by atoms with E-state index >= 15 is 0 Å². The lowest BCUT2D eigenvalue weighted by Gasteiger charge is -2.08. The zero-order valence-corrected chi connectivity index (χ0v) is 12.2. The van der Waals surface area contributed by atoms with E-state index in [-0.39, 0.29) is 16.4 Å². The average molecular weight is 333 g/mol. The van der Waals surface area contributed by atoms with E-state index in [9.17, 15) is 17.6 Å². The van der Waals surface area contributed by atoms with Crippen molar-refractivity contribution in [2.45, 2.75) is 11.8 Å². The molecule has 21 heavy (non-hydrogen) atoms. The Morgan fingerprint density at radius 3 is 2.62 bits per heavy atom. The summed E-state index contributed by atoms with van der Waals surface area (Å²) in [6.07, 6.45) is 0. The number of H-pyrrole nitrogens is 1. The molecule has 2 aromatic rings. The summed E-state index contributed by atoms with van der Waals surface area (Å²) in [5.74, 6) is -2.36. The topological polar surface area (TPSA) is 99.3 Å². The third-order valence-electron chi connectivity index (χ3n) is 2.59. The van der Waals surface area contributed by atoms with Gasteiger partial charge in [0.05, 0.1) is 5.69 Å². The number of rotatable bonds is 4. The van der Waals surface area contributed by atoms with Gasteiger partial charge in [0.1, 0.15) is 16.4 Å². The van der Waals surface area contributed by atoms with Crippen molar-refractivity contribution in [1.82, 2.24) is 4.98 Å². The van der Waals surface area contributed by atoms with Crippen LogP contribution in [0.5, 0.6) is 0 Å². The van der Waals surface area contributed by atoms with Crippen LogP contribution in [0.25, 0.3) is 0 Å². The highest BCUT2D eigenvalue weighted by atomic mass is 35.5. The molecule has 112 valence electrons. The molecule has 0 aliphatic carbocycles. The average Bonchev–Trinajstić information content (AvgIpc) is 2.68. The zero-order valence-electron chi connectivity index (χ0n) is 10.6. The van der Waals surface area contributed by atoms with Crippen LogP contribution in [0.2, 0.25) is 5.02 Å². The van der Waals surface area contributed by atoms with E-state index in [2.05, 4.69) is 4.98 Å². The third kappa shape index (κ3) is 3.17. The Kier molecular flexibility index (Phi) is 3.93. The molecular weight excluding hydrogens is 323 g/mol. The Balaban J connectivity index is 2.45. The number of benzene rings is 1. The maximum absolute atomic E-state index is 13.7. The normalized spacial score (nSPS) is 11.4. The molecule has 0 radical (unpaired) electrons. The van der Waals surface area contributed by atoms with Crippen molar-refractivity contribution in [2.75, 3.05) is 4.72 Å². The van der Waals surface area contributed by atoms with Crippen molar-refractivity contribution < 1.29 is 22.7 Å². The van der Waals surface area contributed by atoms with Gasteiger partial charge in [-0.05, 0) is 31.2 Å². The standard InChI is InChI=1S/C12H10ClFN2O4S/c1-6-4-9(11(15-6)12(17)18)16-21(19,20)10-3-2-7(13)5-8(10)14/h2-5,15-16H,1H3,(H,17,18). The molecule has 0 unspecified atom stereocenters. The molecule has 0 fully saturated rings. The molecule has 0 atom stereocenters. The zero-order chi connectivity index (χ0) is 15.8. The smallest absolute Gasteiger partial charge is 0.354 e. The second kappa shape index (κ2) is 5.38. The second-order valence-electron chi connectivity index (χ2n) is 4.23. The first-order valence-electron chi connectivity index (χ1n) is 5.61. The van der Waals surface area contributed by atoms with Crippen LogP contribution in [0.1, 0.15) is 16.2 Å². The molecule has 0 spiro atoms. The quantitative estimate of drug-likeness (QED) is 0.801. The van der Waals surface area contributed by atoms with Gasteiger partial charge in [0.25, 0.3) is 10.0 Å². The van der Waals surface area contributed by atoms with Crippen LogP contribution in [0.15, 0.2) is 29.2 Å². The Bertz CT molecular complexity index is 817. The number of anilines is 1. The summed E-state index contributed by atoms with van der Waals surface area (Å²) in [5.41, 5.74) is -0.0542. The van der Waals surface area contributed by atoms with Crippen LogP contribution in [-0.4, -0.2) is 24.5 Å². The molecular formula is C12H10ClFN2O4S. The SMILES string of the molecule is Cc1cc(NS(=O)(=O)c2ccc(Cl)cc2F)c(C(=O)O)[nH]1. The van der Waals surface area contributed by atoms with Crippen LogP contribution in [0.3, 0.4) is 0 Å². The lowest BCUT2D eigenvalue weighted by molar-refractivity contribution is 0.0692. The van der Waals surface area contributed by atoms with Crippen LogP contribution in [0, 0.1) is 12.7 Å². The van der Waals surface area contributed by atoms with Gasteiger partial charge in [0.15, 0.2) is 0 Å². The minimum Gasteiger partial charge on any atom is -0.477 e. The number of carboxylic acid groups (broad SMARTS) is 1. The fraction of sp³-hybridized carbons (Fsp3) is 0.0833. The van der Waals surface area contributed by atoms with Gasteiger partial charge in [-0.3, -0.25) is 4.72 Å². The Morgan fingerprint density at radius 2 is 2.05 bits per heavy atom. The van der Waals surface area contributed by atoms with Crippen molar-refractivity contribution in [1.29, 1.82) is 0 Å². The number of aromatic carboxylic acids is 1. The number of halogens is 2. The number of nitrogens with one attached hydrogen (secondary N) is 2. The highest BCUT2D eigenvalue weighted by molar-refractivity contribution is 7.92. The monoisotopic (exact) mass is 332 g/mol. The summed E-state index contributed by atoms with van der Waals surface area (Å²) >= 11 is 5.56. The van der Waals surface area contributed by atoms with E-state index in [0.717, 1.165) is 12.1 Å². The fourth-order valence-electron chi connectivity index (χ4n) is 1.73. The molecule has 0 aliphatic heterocycles. The first-order chi connectivity index (χ1) is 9.70. The predicted octanol–water partition coefficient (Wildman–Crippen LogP) is 2.61. The number of aromatic amines is 1. The number of aryl methyl sites for hydroxylation is 1. The van der Waals surface area contributed by atoms with Crippen molar-refractivity contribution in [3.05, 3.63) is 46.5 Å². The van der Waals surface area contributed by atoms with Crippen LogP contribution in [0.4, 0.5) is 10.1 Å². The summed E-state index contributed by atoms with van der Waals surface area (Å²) in [6, 6.07) is 4.38. The number of hydrogen-bond donors (Lipinski definition) is 3. The molecule has 9 heteroatoms. The van der Waals surface area contributed by atoms with Crippen LogP contribution < -0.4 is 4.72 Å². The molecule has 6 nitrogen and oxygen atoms in total. The predicted molar refractivity (Wildman–Crippen MR) is 74.7 cm³/mol. The number of aromatic nitrogens is 1. The lowest BCUT2D eigenvalue weighted by Crippen LogP contribution is -2.16. The fourth-order valence-corrected chi connectivity index (χ4v) is 3.01. The van der Waals surface area contributed by atoms with Gasteiger partial charge in [0, 0.05) is 10.7 Å². The van der Waals surface area contributed by atoms with E-state index in [1.54, 1.807) is 6.92 Å². The Hall–Kier alpha value is -2.06. The number of sulfonamides is 1. The molecule has 2 rings (SSSR count). The second-order valence-corrected chi connectivity index (χ2v) is 6.31. The first kappa shape index (κ1) is 15.3. The molecule has 0 saturated carbocycles. The van der Waals surface area contributed by atoms with Crippen molar-refractivity contribution in [2.24, 2.45) is 0 Å². The molecule has 0 bridgehead atoms. The summed E-state index contributed by atoms with van der Waals surface area (Å²) in [4.78, 5) is 12.9. The maximum Gasteiger partial charge on any atom is 0.354 e. The van der Waals surface area contributed by atoms with E-state index < -0.39 is 26.7 Å². The highest BCUT2D eigenvalue weighted by Crippen LogP contribution is 2.24. The van der Waals surface area contributed by atoms with E-state index in [1.165, 1.54) is 12.1 Å². The van der Waals surface area contributed by atoms with Gasteiger partial charge in [-0.1, -0.05) is 11.6 Å². The van der Waals surface area contributed by atoms with Gasteiger partial charge >= 0.3 is 5.97 Å². The first-order valence-corrected chi connectivity index (χ1v) is 7.47. The lowest BCUT2D eigenvalue weighted by atomic mass is 10.3.